The average molecular weight is 245 g/mol. The fourth-order valence-electron chi connectivity index (χ4n) is 1.17. The number of hydrogen-bond donors (Lipinski definition) is 2. The van der Waals surface area contributed by atoms with E-state index < -0.39 is 17.4 Å². The maximum atomic E-state index is 11.7. The van der Waals surface area contributed by atoms with Crippen LogP contribution in [0.15, 0.2) is 0 Å². The Morgan fingerprint density at radius 2 is 1.76 bits per heavy atom. The molecule has 17 heavy (non-hydrogen) atoms. The molecule has 100 valence electrons. The van der Waals surface area contributed by atoms with Crippen molar-refractivity contribution in [3.8, 4) is 0 Å². The van der Waals surface area contributed by atoms with Crippen molar-refractivity contribution in [1.82, 2.24) is 5.32 Å². The molecule has 0 aromatic rings. The zero-order valence-corrected chi connectivity index (χ0v) is 11.2. The number of nitrogens with one attached hydrogen (secondary N) is 1. The van der Waals surface area contributed by atoms with Gasteiger partial charge in [0.15, 0.2) is 0 Å². The van der Waals surface area contributed by atoms with E-state index in [1.54, 1.807) is 34.6 Å². The molecular formula is C12H23NO4. The van der Waals surface area contributed by atoms with Crippen LogP contribution in [0.25, 0.3) is 0 Å². The van der Waals surface area contributed by atoms with Gasteiger partial charge in [0.05, 0.1) is 12.5 Å². The van der Waals surface area contributed by atoms with Crippen LogP contribution >= 0.6 is 0 Å². The molecule has 5 heteroatoms. The molecule has 0 radical (unpaired) electrons. The summed E-state index contributed by atoms with van der Waals surface area (Å²) in [5, 5.41) is 11.1. The highest BCUT2D eigenvalue weighted by Gasteiger charge is 2.29. The summed E-state index contributed by atoms with van der Waals surface area (Å²) in [5.74, 6) is -1.62. The molecule has 2 unspecified atom stereocenters. The van der Waals surface area contributed by atoms with Crippen molar-refractivity contribution in [3.63, 3.8) is 0 Å². The topological polar surface area (TPSA) is 75.6 Å². The molecule has 0 bridgehead atoms. The van der Waals surface area contributed by atoms with Crippen molar-refractivity contribution in [2.75, 3.05) is 13.2 Å². The van der Waals surface area contributed by atoms with Crippen LogP contribution in [0.1, 0.15) is 34.6 Å². The van der Waals surface area contributed by atoms with E-state index in [1.165, 1.54) is 0 Å². The minimum Gasteiger partial charge on any atom is -0.460 e. The molecule has 0 saturated carbocycles. The summed E-state index contributed by atoms with van der Waals surface area (Å²) in [5.41, 5.74) is -0.549. The molecule has 0 aromatic heterocycles. The molecular weight excluding hydrogens is 222 g/mol. The Hall–Kier alpha value is -1.10. The van der Waals surface area contributed by atoms with Gasteiger partial charge in [-0.15, -0.1) is 0 Å². The number of esters is 1. The van der Waals surface area contributed by atoms with E-state index in [0.717, 1.165) is 0 Å². The first kappa shape index (κ1) is 15.9. The zero-order chi connectivity index (χ0) is 13.6. The summed E-state index contributed by atoms with van der Waals surface area (Å²) < 4.78 is 5.21. The van der Waals surface area contributed by atoms with Crippen molar-refractivity contribution < 1.29 is 19.4 Å². The van der Waals surface area contributed by atoms with Crippen molar-refractivity contribution in [3.05, 3.63) is 0 Å². The highest BCUT2D eigenvalue weighted by atomic mass is 16.6. The van der Waals surface area contributed by atoms with Crippen LogP contribution in [0.2, 0.25) is 0 Å². The van der Waals surface area contributed by atoms with Gasteiger partial charge < -0.3 is 15.2 Å². The predicted molar refractivity (Wildman–Crippen MR) is 64.3 cm³/mol. The lowest BCUT2D eigenvalue weighted by molar-refractivity contribution is -0.162. The Morgan fingerprint density at radius 3 is 2.18 bits per heavy atom. The summed E-state index contributed by atoms with van der Waals surface area (Å²) >= 11 is 0. The van der Waals surface area contributed by atoms with Gasteiger partial charge in [0, 0.05) is 12.5 Å². The van der Waals surface area contributed by atoms with E-state index >= 15 is 0 Å². The largest absolute Gasteiger partial charge is 0.460 e. The standard InChI is InChI=1S/C12H23NO4/c1-8(10(15)13-6-7-14)9(2)11(16)17-12(3,4)5/h8-9,14H,6-7H2,1-5H3,(H,13,15). The van der Waals surface area contributed by atoms with E-state index in [-0.39, 0.29) is 25.0 Å². The van der Waals surface area contributed by atoms with Crippen LogP contribution in [-0.4, -0.2) is 35.7 Å². The second kappa shape index (κ2) is 6.59. The molecule has 0 aromatic carbocycles. The normalized spacial score (nSPS) is 14.9. The van der Waals surface area contributed by atoms with Crippen LogP contribution in [0.3, 0.4) is 0 Å². The highest BCUT2D eigenvalue weighted by molar-refractivity contribution is 5.84. The Kier molecular flexibility index (Phi) is 6.16. The summed E-state index contributed by atoms with van der Waals surface area (Å²) in [4.78, 5) is 23.3. The van der Waals surface area contributed by atoms with Crippen molar-refractivity contribution in [2.45, 2.75) is 40.2 Å². The highest BCUT2D eigenvalue weighted by Crippen LogP contribution is 2.17. The fourth-order valence-corrected chi connectivity index (χ4v) is 1.17. The van der Waals surface area contributed by atoms with Crippen molar-refractivity contribution in [1.29, 1.82) is 0 Å². The molecule has 1 amide bonds. The summed E-state index contributed by atoms with van der Waals surface area (Å²) in [6.07, 6.45) is 0. The number of carbonyl (C=O) groups is 2. The summed E-state index contributed by atoms with van der Waals surface area (Å²) in [7, 11) is 0. The molecule has 5 nitrogen and oxygen atoms in total. The summed E-state index contributed by atoms with van der Waals surface area (Å²) in [6.45, 7) is 8.78. The lowest BCUT2D eigenvalue weighted by atomic mass is 9.95. The lowest BCUT2D eigenvalue weighted by Crippen LogP contribution is -2.38. The third-order valence-corrected chi connectivity index (χ3v) is 2.35. The molecule has 2 N–H and O–H groups in total. The van der Waals surface area contributed by atoms with Crippen molar-refractivity contribution >= 4 is 11.9 Å². The minimum absolute atomic E-state index is 0.112. The van der Waals surface area contributed by atoms with Crippen molar-refractivity contribution in [2.24, 2.45) is 11.8 Å². The van der Waals surface area contributed by atoms with Gasteiger partial charge >= 0.3 is 5.97 Å². The third-order valence-electron chi connectivity index (χ3n) is 2.35. The predicted octanol–water partition coefficient (Wildman–Crippen LogP) is 0.709. The van der Waals surface area contributed by atoms with E-state index in [2.05, 4.69) is 5.32 Å². The molecule has 0 aliphatic heterocycles. The van der Waals surface area contributed by atoms with E-state index in [0.29, 0.717) is 0 Å². The minimum atomic E-state index is -0.549. The molecule has 0 heterocycles. The van der Waals surface area contributed by atoms with Gasteiger partial charge in [0.25, 0.3) is 0 Å². The third kappa shape index (κ3) is 6.26. The van der Waals surface area contributed by atoms with Gasteiger partial charge in [-0.3, -0.25) is 9.59 Å². The number of carbonyl (C=O) groups excluding carboxylic acids is 2. The molecule has 0 aliphatic carbocycles. The average Bonchev–Trinajstić information content (AvgIpc) is 2.21. The van der Waals surface area contributed by atoms with Crippen LogP contribution in [0.4, 0.5) is 0 Å². The quantitative estimate of drug-likeness (QED) is 0.699. The number of hydrogen-bond acceptors (Lipinski definition) is 4. The first-order valence-corrected chi connectivity index (χ1v) is 5.80. The number of aliphatic hydroxyl groups excluding tert-OH is 1. The van der Waals surface area contributed by atoms with Gasteiger partial charge in [-0.05, 0) is 20.8 Å². The van der Waals surface area contributed by atoms with Crippen LogP contribution in [0.5, 0.6) is 0 Å². The summed E-state index contributed by atoms with van der Waals surface area (Å²) in [6, 6.07) is 0. The Bertz CT molecular complexity index is 270. The number of ether oxygens (including phenoxy) is 1. The van der Waals surface area contributed by atoms with E-state index in [9.17, 15) is 9.59 Å². The second-order valence-electron chi connectivity index (χ2n) is 5.13. The molecule has 2 atom stereocenters. The van der Waals surface area contributed by atoms with Crippen LogP contribution in [0, 0.1) is 11.8 Å². The Labute approximate surface area is 103 Å². The smallest absolute Gasteiger partial charge is 0.309 e. The SMILES string of the molecule is CC(C(=O)NCCO)C(C)C(=O)OC(C)(C)C. The number of aliphatic hydroxyl groups is 1. The lowest BCUT2D eigenvalue weighted by Gasteiger charge is -2.24. The maximum Gasteiger partial charge on any atom is 0.309 e. The van der Waals surface area contributed by atoms with E-state index in [1.807, 2.05) is 0 Å². The first-order valence-electron chi connectivity index (χ1n) is 5.80. The van der Waals surface area contributed by atoms with Crippen LogP contribution in [-0.2, 0) is 14.3 Å². The molecule has 0 rings (SSSR count). The molecule has 0 saturated heterocycles. The van der Waals surface area contributed by atoms with Gasteiger partial charge in [-0.1, -0.05) is 13.8 Å². The number of amides is 1. The zero-order valence-electron chi connectivity index (χ0n) is 11.2. The first-order chi connectivity index (χ1) is 7.69. The molecule has 0 fully saturated rings. The van der Waals surface area contributed by atoms with Gasteiger partial charge in [0.2, 0.25) is 5.91 Å². The van der Waals surface area contributed by atoms with Gasteiger partial charge in [-0.2, -0.15) is 0 Å². The van der Waals surface area contributed by atoms with Gasteiger partial charge in [0.1, 0.15) is 5.60 Å². The Morgan fingerprint density at radius 1 is 1.24 bits per heavy atom. The molecule has 0 spiro atoms. The number of rotatable bonds is 5. The van der Waals surface area contributed by atoms with Crippen LogP contribution < -0.4 is 5.32 Å². The fraction of sp³-hybridized carbons (Fsp3) is 0.833. The van der Waals surface area contributed by atoms with Gasteiger partial charge in [-0.25, -0.2) is 0 Å². The molecule has 0 aliphatic rings. The second-order valence-corrected chi connectivity index (χ2v) is 5.13. The Balaban J connectivity index is 4.33. The van der Waals surface area contributed by atoms with E-state index in [4.69, 9.17) is 9.84 Å². The monoisotopic (exact) mass is 245 g/mol. The maximum absolute atomic E-state index is 11.7.